The maximum atomic E-state index is 10.8. The summed E-state index contributed by atoms with van der Waals surface area (Å²) in [6.45, 7) is 20.1. The lowest BCUT2D eigenvalue weighted by Gasteiger charge is -2.31. The number of hydrogen-bond acceptors (Lipinski definition) is 2. The molecule has 0 spiro atoms. The Morgan fingerprint density at radius 3 is 2.00 bits per heavy atom. The van der Waals surface area contributed by atoms with Gasteiger partial charge in [0.25, 0.3) is 0 Å². The Labute approximate surface area is 183 Å². The fourth-order valence-electron chi connectivity index (χ4n) is 3.13. The molecule has 0 radical (unpaired) electrons. The molecule has 0 fully saturated rings. The van der Waals surface area contributed by atoms with Crippen LogP contribution in [0, 0.1) is 0 Å². The second kappa shape index (κ2) is 10.7. The summed E-state index contributed by atoms with van der Waals surface area (Å²) < 4.78 is 6.35. The Hall–Kier alpha value is -2.29. The van der Waals surface area contributed by atoms with Crippen molar-refractivity contribution < 1.29 is 14.6 Å². The average molecular weight is 413 g/mol. The summed E-state index contributed by atoms with van der Waals surface area (Å²) in [6.07, 6.45) is 9.11. The van der Waals surface area contributed by atoms with E-state index in [0.29, 0.717) is 5.57 Å². The van der Waals surface area contributed by atoms with E-state index in [1.807, 2.05) is 18.2 Å². The van der Waals surface area contributed by atoms with Crippen LogP contribution in [0.3, 0.4) is 0 Å². The fourth-order valence-corrected chi connectivity index (χ4v) is 3.13. The van der Waals surface area contributed by atoms with E-state index < -0.39 is 5.97 Å². The van der Waals surface area contributed by atoms with Crippen LogP contribution in [0.5, 0.6) is 5.75 Å². The van der Waals surface area contributed by atoms with E-state index >= 15 is 0 Å². The predicted molar refractivity (Wildman–Crippen MR) is 128 cm³/mol. The van der Waals surface area contributed by atoms with Gasteiger partial charge in [0, 0.05) is 17.2 Å². The van der Waals surface area contributed by atoms with Gasteiger partial charge in [-0.15, -0.1) is 0 Å². The van der Waals surface area contributed by atoms with Gasteiger partial charge in [-0.3, -0.25) is 0 Å². The molecule has 0 bridgehead atoms. The van der Waals surface area contributed by atoms with E-state index in [0.717, 1.165) is 36.3 Å². The Kier molecular flexibility index (Phi) is 9.14. The number of rotatable bonds is 8. The molecule has 0 saturated heterocycles. The van der Waals surface area contributed by atoms with Crippen LogP contribution in [0.1, 0.15) is 91.8 Å². The van der Waals surface area contributed by atoms with Gasteiger partial charge in [0.15, 0.2) is 0 Å². The maximum Gasteiger partial charge on any atom is 0.328 e. The number of carboxylic acids is 1. The Morgan fingerprint density at radius 2 is 1.57 bits per heavy atom. The summed E-state index contributed by atoms with van der Waals surface area (Å²) >= 11 is 0. The number of carbonyl (C=O) groups is 1. The van der Waals surface area contributed by atoms with Crippen LogP contribution in [0.15, 0.2) is 42.0 Å². The molecule has 3 heteroatoms. The topological polar surface area (TPSA) is 46.5 Å². The van der Waals surface area contributed by atoms with E-state index in [1.54, 1.807) is 6.92 Å². The predicted octanol–water partition coefficient (Wildman–Crippen LogP) is 7.45. The molecule has 1 aromatic rings. The monoisotopic (exact) mass is 412 g/mol. The summed E-state index contributed by atoms with van der Waals surface area (Å²) in [5.41, 5.74) is 5.35. The molecule has 0 amide bonds. The highest BCUT2D eigenvalue weighted by molar-refractivity contribution is 5.81. The summed E-state index contributed by atoms with van der Waals surface area (Å²) in [5.74, 6) is 0.0944. The van der Waals surface area contributed by atoms with Crippen LogP contribution in [0.2, 0.25) is 0 Å². The van der Waals surface area contributed by atoms with E-state index in [1.165, 1.54) is 17.2 Å². The molecule has 1 rings (SSSR count). The number of unbranched alkanes of at least 4 members (excludes halogenated alkanes) is 1. The Bertz CT molecular complexity index is 790. The molecule has 1 N–H and O–H groups in total. The minimum Gasteiger partial charge on any atom is -0.493 e. The summed E-state index contributed by atoms with van der Waals surface area (Å²) in [6, 6.07) is 4.49. The number of allylic oxidation sites excluding steroid dienone is 5. The Balaban J connectivity index is 3.52. The third kappa shape index (κ3) is 7.85. The van der Waals surface area contributed by atoms with Gasteiger partial charge in [-0.05, 0) is 59.9 Å². The van der Waals surface area contributed by atoms with Gasteiger partial charge in [-0.1, -0.05) is 73.1 Å². The van der Waals surface area contributed by atoms with Gasteiger partial charge in [0.05, 0.1) is 6.61 Å². The first kappa shape index (κ1) is 25.7. The lowest BCUT2D eigenvalue weighted by molar-refractivity contribution is -0.131. The third-order valence-corrected chi connectivity index (χ3v) is 4.96. The van der Waals surface area contributed by atoms with Crippen LogP contribution in [-0.4, -0.2) is 17.7 Å². The van der Waals surface area contributed by atoms with Gasteiger partial charge in [0.2, 0.25) is 0 Å². The van der Waals surface area contributed by atoms with E-state index in [2.05, 4.69) is 67.5 Å². The van der Waals surface area contributed by atoms with Crippen molar-refractivity contribution in [2.45, 2.75) is 86.0 Å². The van der Waals surface area contributed by atoms with Gasteiger partial charge in [-0.2, -0.15) is 0 Å². The quantitative estimate of drug-likeness (QED) is 0.274. The number of ether oxygens (including phenoxy) is 1. The normalized spacial score (nSPS) is 13.8. The fraction of sp³-hybridized carbons (Fsp3) is 0.519. The molecular weight excluding hydrogens is 372 g/mol. The molecule has 166 valence electrons. The van der Waals surface area contributed by atoms with E-state index in [9.17, 15) is 4.79 Å². The van der Waals surface area contributed by atoms with Gasteiger partial charge in [0.1, 0.15) is 5.75 Å². The Morgan fingerprint density at radius 1 is 1.03 bits per heavy atom. The maximum absolute atomic E-state index is 10.8. The molecule has 0 saturated carbocycles. The van der Waals surface area contributed by atoms with Crippen LogP contribution in [0.4, 0.5) is 0 Å². The lowest BCUT2D eigenvalue weighted by Crippen LogP contribution is -2.20. The largest absolute Gasteiger partial charge is 0.493 e. The first-order chi connectivity index (χ1) is 13.8. The highest BCUT2D eigenvalue weighted by Crippen LogP contribution is 2.42. The van der Waals surface area contributed by atoms with E-state index in [4.69, 9.17) is 9.84 Å². The number of carboxylic acid groups (broad SMARTS) is 1. The van der Waals surface area contributed by atoms with Crippen molar-refractivity contribution in [2.75, 3.05) is 6.61 Å². The number of hydrogen-bond donors (Lipinski definition) is 1. The van der Waals surface area contributed by atoms with Crippen molar-refractivity contribution >= 4 is 11.5 Å². The number of aliphatic carboxylic acids is 1. The second-order valence-corrected chi connectivity index (χ2v) is 10.0. The van der Waals surface area contributed by atoms with Gasteiger partial charge < -0.3 is 9.84 Å². The first-order valence-electron chi connectivity index (χ1n) is 10.9. The molecular formula is C27H40O3. The third-order valence-electron chi connectivity index (χ3n) is 4.96. The van der Waals surface area contributed by atoms with Crippen molar-refractivity contribution in [1.29, 1.82) is 0 Å². The van der Waals surface area contributed by atoms with Gasteiger partial charge >= 0.3 is 5.97 Å². The van der Waals surface area contributed by atoms with Crippen molar-refractivity contribution in [3.05, 3.63) is 58.7 Å². The standard InChI is InChI=1S/C27H40O3/c1-10-11-15-30-25-22(26(4,5)6)17-21(18-23(25)27(7,8)9)20(3)14-12-13-19(2)16-24(28)29/h12-14,16-18H,10-11,15H2,1-9H3,(H,28,29). The molecule has 0 aromatic heterocycles. The zero-order valence-corrected chi connectivity index (χ0v) is 20.3. The molecule has 0 aliphatic rings. The molecule has 0 aliphatic heterocycles. The summed E-state index contributed by atoms with van der Waals surface area (Å²) in [5, 5.41) is 8.85. The van der Waals surface area contributed by atoms with E-state index in [-0.39, 0.29) is 10.8 Å². The molecule has 0 aliphatic carbocycles. The average Bonchev–Trinajstić information content (AvgIpc) is 2.59. The minimum absolute atomic E-state index is 0.0471. The molecule has 0 heterocycles. The van der Waals surface area contributed by atoms with Crippen LogP contribution in [0.25, 0.3) is 5.57 Å². The summed E-state index contributed by atoms with van der Waals surface area (Å²) in [4.78, 5) is 10.8. The van der Waals surface area contributed by atoms with Crippen molar-refractivity contribution in [2.24, 2.45) is 0 Å². The molecule has 1 aromatic carbocycles. The summed E-state index contributed by atoms with van der Waals surface area (Å²) in [7, 11) is 0. The molecule has 3 nitrogen and oxygen atoms in total. The van der Waals surface area contributed by atoms with Crippen molar-refractivity contribution in [1.82, 2.24) is 0 Å². The SMILES string of the molecule is CCCCOc1c(C(C)(C)C)cc(C(C)=CC=CC(C)=CC(=O)O)cc1C(C)(C)C. The molecule has 0 unspecified atom stereocenters. The zero-order chi connectivity index (χ0) is 23.1. The van der Waals surface area contributed by atoms with Crippen molar-refractivity contribution in [3.63, 3.8) is 0 Å². The minimum atomic E-state index is -0.929. The smallest absolute Gasteiger partial charge is 0.328 e. The number of benzene rings is 1. The highest BCUT2D eigenvalue weighted by atomic mass is 16.5. The highest BCUT2D eigenvalue weighted by Gasteiger charge is 2.28. The van der Waals surface area contributed by atoms with Crippen LogP contribution in [-0.2, 0) is 15.6 Å². The zero-order valence-electron chi connectivity index (χ0n) is 20.3. The first-order valence-corrected chi connectivity index (χ1v) is 10.9. The van der Waals surface area contributed by atoms with Crippen LogP contribution < -0.4 is 4.74 Å². The van der Waals surface area contributed by atoms with Crippen molar-refractivity contribution in [3.8, 4) is 5.75 Å². The second-order valence-electron chi connectivity index (χ2n) is 10.0. The lowest BCUT2D eigenvalue weighted by atomic mass is 9.77. The van der Waals surface area contributed by atoms with Crippen LogP contribution >= 0.6 is 0 Å². The molecule has 0 atom stereocenters. The van der Waals surface area contributed by atoms with Gasteiger partial charge in [-0.25, -0.2) is 4.79 Å². The molecule has 30 heavy (non-hydrogen) atoms.